The van der Waals surface area contributed by atoms with Crippen LogP contribution >= 0.6 is 0 Å². The van der Waals surface area contributed by atoms with Crippen LogP contribution in [0.3, 0.4) is 0 Å². The van der Waals surface area contributed by atoms with Crippen LogP contribution < -0.4 is 0 Å². The van der Waals surface area contributed by atoms with Crippen LogP contribution in [0.5, 0.6) is 5.75 Å². The molecule has 2 nitrogen and oxygen atoms in total. The molecule has 0 heterocycles. The van der Waals surface area contributed by atoms with Crippen LogP contribution in [-0.4, -0.2) is 11.3 Å². The molecular formula is C14H12FNO. The van der Waals surface area contributed by atoms with Gasteiger partial charge in [0.25, 0.3) is 0 Å². The Labute approximate surface area is 99.1 Å². The highest BCUT2D eigenvalue weighted by atomic mass is 19.1. The fraction of sp³-hybridized carbons (Fsp3) is 0.0714. The van der Waals surface area contributed by atoms with E-state index in [2.05, 4.69) is 4.99 Å². The minimum atomic E-state index is -0.261. The van der Waals surface area contributed by atoms with E-state index in [0.29, 0.717) is 6.54 Å². The molecule has 0 saturated carbocycles. The Hall–Kier alpha value is -2.16. The molecule has 0 spiro atoms. The van der Waals surface area contributed by atoms with Crippen LogP contribution in [0.1, 0.15) is 11.1 Å². The predicted molar refractivity (Wildman–Crippen MR) is 65.8 cm³/mol. The molecule has 17 heavy (non-hydrogen) atoms. The molecule has 0 saturated heterocycles. The molecule has 2 aromatic rings. The number of phenols is 1. The van der Waals surface area contributed by atoms with E-state index < -0.39 is 0 Å². The Balaban J connectivity index is 2.03. The van der Waals surface area contributed by atoms with Gasteiger partial charge in [-0.05, 0) is 23.8 Å². The van der Waals surface area contributed by atoms with Crippen molar-refractivity contribution in [2.45, 2.75) is 6.54 Å². The number of aromatic hydroxyl groups is 1. The summed E-state index contributed by atoms with van der Waals surface area (Å²) in [5.41, 5.74) is 1.60. The Morgan fingerprint density at radius 1 is 1.06 bits per heavy atom. The first-order valence-corrected chi connectivity index (χ1v) is 5.28. The van der Waals surface area contributed by atoms with Gasteiger partial charge < -0.3 is 5.11 Å². The molecule has 86 valence electrons. The first-order valence-electron chi connectivity index (χ1n) is 5.28. The van der Waals surface area contributed by atoms with E-state index >= 15 is 0 Å². The molecule has 0 fully saturated rings. The van der Waals surface area contributed by atoms with E-state index in [1.807, 2.05) is 12.1 Å². The fourth-order valence-electron chi connectivity index (χ4n) is 1.44. The molecular weight excluding hydrogens is 217 g/mol. The number of nitrogens with zero attached hydrogens (tertiary/aromatic N) is 1. The summed E-state index contributed by atoms with van der Waals surface area (Å²) in [7, 11) is 0. The zero-order valence-electron chi connectivity index (χ0n) is 9.18. The smallest absolute Gasteiger partial charge is 0.123 e. The number of aliphatic imine (C=N–C) groups is 1. The van der Waals surface area contributed by atoms with Crippen molar-refractivity contribution < 1.29 is 9.50 Å². The number of hydrogen-bond acceptors (Lipinski definition) is 2. The molecule has 0 atom stereocenters. The zero-order chi connectivity index (χ0) is 12.1. The van der Waals surface area contributed by atoms with E-state index in [1.165, 1.54) is 12.1 Å². The highest BCUT2D eigenvalue weighted by Crippen LogP contribution is 2.16. The maximum Gasteiger partial charge on any atom is 0.123 e. The first-order chi connectivity index (χ1) is 8.25. The van der Waals surface area contributed by atoms with Gasteiger partial charge in [0.2, 0.25) is 0 Å². The highest BCUT2D eigenvalue weighted by molar-refractivity contribution is 5.79. The standard InChI is InChI=1S/C14H12FNO/c15-13-7-5-11(6-8-13)9-16-10-12-3-1-2-4-14(12)17/h1-9,17H,10H2. The van der Waals surface area contributed by atoms with Gasteiger partial charge in [0, 0.05) is 11.8 Å². The fourth-order valence-corrected chi connectivity index (χ4v) is 1.44. The minimum Gasteiger partial charge on any atom is -0.508 e. The van der Waals surface area contributed by atoms with E-state index in [-0.39, 0.29) is 11.6 Å². The molecule has 0 aliphatic rings. The van der Waals surface area contributed by atoms with Gasteiger partial charge in [-0.3, -0.25) is 4.99 Å². The minimum absolute atomic E-state index is 0.240. The van der Waals surface area contributed by atoms with Gasteiger partial charge in [-0.1, -0.05) is 30.3 Å². The summed E-state index contributed by atoms with van der Waals surface area (Å²) in [5, 5.41) is 9.52. The Kier molecular flexibility index (Phi) is 3.50. The molecule has 2 rings (SSSR count). The van der Waals surface area contributed by atoms with Crippen molar-refractivity contribution in [1.82, 2.24) is 0 Å². The summed E-state index contributed by atoms with van der Waals surface area (Å²) in [6.07, 6.45) is 1.66. The summed E-state index contributed by atoms with van der Waals surface area (Å²) < 4.78 is 12.6. The van der Waals surface area contributed by atoms with E-state index in [1.54, 1.807) is 30.5 Å². The van der Waals surface area contributed by atoms with Crippen LogP contribution in [0, 0.1) is 5.82 Å². The molecule has 0 radical (unpaired) electrons. The topological polar surface area (TPSA) is 32.6 Å². The van der Waals surface area contributed by atoms with Crippen molar-refractivity contribution in [3.63, 3.8) is 0 Å². The predicted octanol–water partition coefficient (Wildman–Crippen LogP) is 3.15. The van der Waals surface area contributed by atoms with Gasteiger partial charge in [0.1, 0.15) is 11.6 Å². The summed E-state index contributed by atoms with van der Waals surface area (Å²) in [6, 6.07) is 13.2. The van der Waals surface area contributed by atoms with Crippen molar-refractivity contribution in [3.05, 3.63) is 65.5 Å². The Morgan fingerprint density at radius 3 is 2.47 bits per heavy atom. The number of para-hydroxylation sites is 1. The second kappa shape index (κ2) is 5.25. The van der Waals surface area contributed by atoms with Crippen molar-refractivity contribution in [3.8, 4) is 5.75 Å². The Bertz CT molecular complexity index is 520. The molecule has 2 aromatic carbocycles. The quantitative estimate of drug-likeness (QED) is 0.806. The van der Waals surface area contributed by atoms with Crippen LogP contribution in [-0.2, 0) is 6.54 Å². The molecule has 0 amide bonds. The van der Waals surface area contributed by atoms with Gasteiger partial charge >= 0.3 is 0 Å². The lowest BCUT2D eigenvalue weighted by atomic mass is 10.2. The van der Waals surface area contributed by atoms with Crippen molar-refractivity contribution in [2.75, 3.05) is 0 Å². The lowest BCUT2D eigenvalue weighted by Gasteiger charge is -1.99. The van der Waals surface area contributed by atoms with Crippen LogP contribution in [0.4, 0.5) is 4.39 Å². The summed E-state index contributed by atoms with van der Waals surface area (Å²) >= 11 is 0. The second-order valence-electron chi connectivity index (χ2n) is 3.65. The van der Waals surface area contributed by atoms with Gasteiger partial charge in [-0.15, -0.1) is 0 Å². The Morgan fingerprint density at radius 2 is 1.76 bits per heavy atom. The summed E-state index contributed by atoms with van der Waals surface area (Å²) in [6.45, 7) is 0.407. The average molecular weight is 229 g/mol. The zero-order valence-corrected chi connectivity index (χ0v) is 9.18. The maximum atomic E-state index is 12.6. The van der Waals surface area contributed by atoms with Crippen molar-refractivity contribution in [1.29, 1.82) is 0 Å². The second-order valence-corrected chi connectivity index (χ2v) is 3.65. The van der Waals surface area contributed by atoms with Gasteiger partial charge in [0.05, 0.1) is 6.54 Å². The molecule has 0 aliphatic heterocycles. The van der Waals surface area contributed by atoms with Crippen LogP contribution in [0.2, 0.25) is 0 Å². The van der Waals surface area contributed by atoms with Gasteiger partial charge in [0.15, 0.2) is 0 Å². The number of benzene rings is 2. The van der Waals surface area contributed by atoms with Crippen molar-refractivity contribution >= 4 is 6.21 Å². The SMILES string of the molecule is Oc1ccccc1CN=Cc1ccc(F)cc1. The monoisotopic (exact) mass is 229 g/mol. The molecule has 0 bridgehead atoms. The van der Waals surface area contributed by atoms with Gasteiger partial charge in [-0.25, -0.2) is 4.39 Å². The van der Waals surface area contributed by atoms with E-state index in [0.717, 1.165) is 11.1 Å². The summed E-state index contributed by atoms with van der Waals surface area (Å²) in [5.74, 6) is -0.0217. The molecule has 1 N–H and O–H groups in total. The third-order valence-electron chi connectivity index (χ3n) is 2.36. The molecule has 0 unspecified atom stereocenters. The molecule has 0 aromatic heterocycles. The van der Waals surface area contributed by atoms with Gasteiger partial charge in [-0.2, -0.15) is 0 Å². The van der Waals surface area contributed by atoms with Crippen molar-refractivity contribution in [2.24, 2.45) is 4.99 Å². The molecule has 0 aliphatic carbocycles. The summed E-state index contributed by atoms with van der Waals surface area (Å²) in [4.78, 5) is 4.19. The largest absolute Gasteiger partial charge is 0.508 e. The number of phenolic OH excluding ortho intramolecular Hbond substituents is 1. The normalized spacial score (nSPS) is 10.9. The third-order valence-corrected chi connectivity index (χ3v) is 2.36. The highest BCUT2D eigenvalue weighted by Gasteiger charge is 1.96. The van der Waals surface area contributed by atoms with Crippen LogP contribution in [0.15, 0.2) is 53.5 Å². The third kappa shape index (κ3) is 3.14. The van der Waals surface area contributed by atoms with E-state index in [4.69, 9.17) is 0 Å². The van der Waals surface area contributed by atoms with E-state index in [9.17, 15) is 9.50 Å². The average Bonchev–Trinajstić information content (AvgIpc) is 2.34. The number of halogens is 1. The van der Waals surface area contributed by atoms with Crippen LogP contribution in [0.25, 0.3) is 0 Å². The maximum absolute atomic E-state index is 12.6. The number of rotatable bonds is 3. The number of hydrogen-bond donors (Lipinski definition) is 1. The lowest BCUT2D eigenvalue weighted by Crippen LogP contribution is -1.85. The lowest BCUT2D eigenvalue weighted by molar-refractivity contribution is 0.468. The first kappa shape index (κ1) is 11.3. The molecule has 3 heteroatoms.